The Hall–Kier alpha value is -2.35. The van der Waals surface area contributed by atoms with Crippen molar-refractivity contribution in [2.24, 2.45) is 0 Å². The van der Waals surface area contributed by atoms with Gasteiger partial charge in [0.1, 0.15) is 11.9 Å². The largest absolute Gasteiger partial charge is 0.370 e. The smallest absolute Gasteiger partial charge is 0.317 e. The van der Waals surface area contributed by atoms with Gasteiger partial charge in [0.25, 0.3) is 0 Å². The molecule has 1 aliphatic rings. The lowest BCUT2D eigenvalue weighted by molar-refractivity contribution is -0.0154. The van der Waals surface area contributed by atoms with E-state index in [1.54, 1.807) is 4.90 Å². The molecule has 0 aromatic carbocycles. The standard InChI is InChI=1S/C17H25N5O3/c1-4-22-10-14(9-19-22)16-11-21(7-8-24-16)17(23)18-6-5-15-12(2)20-25-13(15)3/h9-10,16H,4-8,11H2,1-3H3,(H,18,23)/t16-/m1/s1. The van der Waals surface area contributed by atoms with Crippen LogP contribution < -0.4 is 5.32 Å². The summed E-state index contributed by atoms with van der Waals surface area (Å²) in [5, 5.41) is 11.2. The number of rotatable bonds is 5. The summed E-state index contributed by atoms with van der Waals surface area (Å²) in [5.74, 6) is 0.811. The molecule has 0 bridgehead atoms. The molecule has 1 fully saturated rings. The van der Waals surface area contributed by atoms with Gasteiger partial charge in [-0.1, -0.05) is 5.16 Å². The fraction of sp³-hybridized carbons (Fsp3) is 0.588. The average Bonchev–Trinajstić information content (AvgIpc) is 3.23. The van der Waals surface area contributed by atoms with Crippen LogP contribution in [-0.2, 0) is 17.7 Å². The number of urea groups is 1. The van der Waals surface area contributed by atoms with E-state index in [1.807, 2.05) is 37.8 Å². The van der Waals surface area contributed by atoms with Crippen LogP contribution in [0.5, 0.6) is 0 Å². The predicted octanol–water partition coefficient (Wildman–Crippen LogP) is 1.83. The van der Waals surface area contributed by atoms with E-state index < -0.39 is 0 Å². The molecular weight excluding hydrogens is 322 g/mol. The zero-order chi connectivity index (χ0) is 17.8. The molecule has 0 aliphatic carbocycles. The highest BCUT2D eigenvalue weighted by Gasteiger charge is 2.26. The maximum Gasteiger partial charge on any atom is 0.317 e. The minimum atomic E-state index is -0.123. The van der Waals surface area contributed by atoms with E-state index in [4.69, 9.17) is 9.26 Å². The zero-order valence-corrected chi connectivity index (χ0v) is 15.0. The molecule has 136 valence electrons. The molecule has 1 aliphatic heterocycles. The zero-order valence-electron chi connectivity index (χ0n) is 15.0. The van der Waals surface area contributed by atoms with Crippen molar-refractivity contribution in [1.82, 2.24) is 25.2 Å². The second-order valence-electron chi connectivity index (χ2n) is 6.22. The average molecular weight is 347 g/mol. The first-order chi connectivity index (χ1) is 12.1. The van der Waals surface area contributed by atoms with Gasteiger partial charge in [-0.15, -0.1) is 0 Å². The van der Waals surface area contributed by atoms with E-state index in [-0.39, 0.29) is 12.1 Å². The third-order valence-electron chi connectivity index (χ3n) is 4.54. The van der Waals surface area contributed by atoms with Crippen LogP contribution in [0.2, 0.25) is 0 Å². The van der Waals surface area contributed by atoms with Crippen LogP contribution in [0.25, 0.3) is 0 Å². The van der Waals surface area contributed by atoms with Crippen LogP contribution in [0.4, 0.5) is 4.79 Å². The van der Waals surface area contributed by atoms with Gasteiger partial charge in [-0.25, -0.2) is 4.79 Å². The number of carbonyl (C=O) groups excluding carboxylic acids is 1. The number of amides is 2. The highest BCUT2D eigenvalue weighted by atomic mass is 16.5. The number of hydrogen-bond acceptors (Lipinski definition) is 5. The van der Waals surface area contributed by atoms with Crippen molar-refractivity contribution in [2.45, 2.75) is 39.8 Å². The SMILES string of the molecule is CCn1cc([C@H]2CN(C(=O)NCCc3c(C)noc3C)CCO2)cn1. The number of nitrogens with zero attached hydrogens (tertiary/aromatic N) is 4. The number of carbonyl (C=O) groups is 1. The van der Waals surface area contributed by atoms with Crippen LogP contribution >= 0.6 is 0 Å². The maximum atomic E-state index is 12.4. The van der Waals surface area contributed by atoms with Crippen LogP contribution in [0.3, 0.4) is 0 Å². The third-order valence-corrected chi connectivity index (χ3v) is 4.54. The molecule has 1 atom stereocenters. The second kappa shape index (κ2) is 7.69. The van der Waals surface area contributed by atoms with E-state index >= 15 is 0 Å². The molecule has 0 unspecified atom stereocenters. The monoisotopic (exact) mass is 347 g/mol. The molecule has 2 aromatic heterocycles. The number of ether oxygens (including phenoxy) is 1. The van der Waals surface area contributed by atoms with Gasteiger partial charge in [0.15, 0.2) is 0 Å². The molecule has 1 N–H and O–H groups in total. The van der Waals surface area contributed by atoms with Crippen molar-refractivity contribution < 1.29 is 14.1 Å². The van der Waals surface area contributed by atoms with Crippen molar-refractivity contribution in [3.63, 3.8) is 0 Å². The molecule has 2 amide bonds. The van der Waals surface area contributed by atoms with E-state index in [2.05, 4.69) is 15.6 Å². The lowest BCUT2D eigenvalue weighted by Crippen LogP contribution is -2.47. The van der Waals surface area contributed by atoms with Gasteiger partial charge in [0.2, 0.25) is 0 Å². The summed E-state index contributed by atoms with van der Waals surface area (Å²) in [5.41, 5.74) is 2.95. The van der Waals surface area contributed by atoms with Gasteiger partial charge >= 0.3 is 6.03 Å². The molecule has 0 saturated carbocycles. The summed E-state index contributed by atoms with van der Waals surface area (Å²) in [6.45, 7) is 8.87. The van der Waals surface area contributed by atoms with E-state index in [9.17, 15) is 4.79 Å². The predicted molar refractivity (Wildman–Crippen MR) is 91.2 cm³/mol. The minimum absolute atomic E-state index is 0.0667. The minimum Gasteiger partial charge on any atom is -0.370 e. The third kappa shape index (κ3) is 4.01. The maximum absolute atomic E-state index is 12.4. The Kier molecular flexibility index (Phi) is 5.37. The summed E-state index contributed by atoms with van der Waals surface area (Å²) in [6, 6.07) is -0.0667. The van der Waals surface area contributed by atoms with Crippen molar-refractivity contribution in [2.75, 3.05) is 26.2 Å². The molecule has 0 spiro atoms. The van der Waals surface area contributed by atoms with Crippen molar-refractivity contribution in [3.05, 3.63) is 35.0 Å². The first-order valence-electron chi connectivity index (χ1n) is 8.67. The molecule has 8 heteroatoms. The summed E-state index contributed by atoms with van der Waals surface area (Å²) < 4.78 is 12.8. The molecule has 25 heavy (non-hydrogen) atoms. The van der Waals surface area contributed by atoms with Crippen LogP contribution in [-0.4, -0.2) is 52.1 Å². The Bertz CT molecular complexity index is 704. The van der Waals surface area contributed by atoms with Crippen molar-refractivity contribution in [3.8, 4) is 0 Å². The highest BCUT2D eigenvalue weighted by molar-refractivity contribution is 5.74. The Morgan fingerprint density at radius 3 is 2.96 bits per heavy atom. The normalized spacial score (nSPS) is 17.7. The van der Waals surface area contributed by atoms with Gasteiger partial charge in [-0.3, -0.25) is 4.68 Å². The number of aryl methyl sites for hydroxylation is 3. The Balaban J connectivity index is 1.51. The fourth-order valence-corrected chi connectivity index (χ4v) is 3.02. The van der Waals surface area contributed by atoms with Gasteiger partial charge in [0, 0.05) is 37.0 Å². The topological polar surface area (TPSA) is 85.4 Å². The van der Waals surface area contributed by atoms with Crippen LogP contribution in [0.15, 0.2) is 16.9 Å². The van der Waals surface area contributed by atoms with Gasteiger partial charge in [-0.2, -0.15) is 5.10 Å². The summed E-state index contributed by atoms with van der Waals surface area (Å²) >= 11 is 0. The number of nitrogens with one attached hydrogen (secondary N) is 1. The molecule has 2 aromatic rings. The number of aromatic nitrogens is 3. The van der Waals surface area contributed by atoms with Crippen molar-refractivity contribution >= 4 is 6.03 Å². The molecular formula is C17H25N5O3. The summed E-state index contributed by atoms with van der Waals surface area (Å²) in [4.78, 5) is 14.2. The Morgan fingerprint density at radius 2 is 2.28 bits per heavy atom. The first kappa shape index (κ1) is 17.5. The number of morpholine rings is 1. The Labute approximate surface area is 147 Å². The van der Waals surface area contributed by atoms with E-state index in [0.29, 0.717) is 32.7 Å². The van der Waals surface area contributed by atoms with Gasteiger partial charge in [-0.05, 0) is 27.2 Å². The van der Waals surface area contributed by atoms with Crippen molar-refractivity contribution in [1.29, 1.82) is 0 Å². The molecule has 3 rings (SSSR count). The molecule has 1 saturated heterocycles. The van der Waals surface area contributed by atoms with Gasteiger partial charge in [0.05, 0.1) is 25.0 Å². The molecule has 0 radical (unpaired) electrons. The highest BCUT2D eigenvalue weighted by Crippen LogP contribution is 2.21. The van der Waals surface area contributed by atoms with Gasteiger partial charge < -0.3 is 19.5 Å². The molecule has 3 heterocycles. The number of hydrogen-bond donors (Lipinski definition) is 1. The van der Waals surface area contributed by atoms with E-state index in [0.717, 1.165) is 29.1 Å². The first-order valence-corrected chi connectivity index (χ1v) is 8.67. The quantitative estimate of drug-likeness (QED) is 0.892. The lowest BCUT2D eigenvalue weighted by Gasteiger charge is -2.32. The summed E-state index contributed by atoms with van der Waals surface area (Å²) in [6.07, 6.45) is 4.38. The van der Waals surface area contributed by atoms with Crippen LogP contribution in [0, 0.1) is 13.8 Å². The lowest BCUT2D eigenvalue weighted by atomic mass is 10.1. The molecule has 8 nitrogen and oxygen atoms in total. The van der Waals surface area contributed by atoms with Crippen LogP contribution in [0.1, 0.15) is 35.6 Å². The summed E-state index contributed by atoms with van der Waals surface area (Å²) in [7, 11) is 0. The van der Waals surface area contributed by atoms with E-state index in [1.165, 1.54) is 0 Å². The second-order valence-corrected chi connectivity index (χ2v) is 6.22. The Morgan fingerprint density at radius 1 is 1.44 bits per heavy atom. The fourth-order valence-electron chi connectivity index (χ4n) is 3.02.